The van der Waals surface area contributed by atoms with Crippen LogP contribution in [0.4, 0.5) is 5.00 Å². The highest BCUT2D eigenvalue weighted by atomic mass is 32.2. The van der Waals surface area contributed by atoms with Crippen molar-refractivity contribution in [2.75, 3.05) is 5.32 Å². The summed E-state index contributed by atoms with van der Waals surface area (Å²) in [5, 5.41) is 5.18. The van der Waals surface area contributed by atoms with Crippen LogP contribution < -0.4 is 16.6 Å². The quantitative estimate of drug-likeness (QED) is 0.318. The first-order valence-electron chi connectivity index (χ1n) is 10.2. The fraction of sp³-hybridized carbons (Fsp3) is 0.167. The first kappa shape index (κ1) is 22.8. The van der Waals surface area contributed by atoms with E-state index in [-0.39, 0.29) is 17.0 Å². The Bertz CT molecular complexity index is 1420. The van der Waals surface area contributed by atoms with Crippen molar-refractivity contribution in [3.63, 3.8) is 0 Å². The van der Waals surface area contributed by atoms with Crippen molar-refractivity contribution in [1.29, 1.82) is 0 Å². The lowest BCUT2D eigenvalue weighted by Crippen LogP contribution is -2.27. The smallest absolute Gasteiger partial charge is 0.266 e. The Hall–Kier alpha value is -3.43. The van der Waals surface area contributed by atoms with E-state index in [0.29, 0.717) is 21.1 Å². The number of nitrogens with zero attached hydrogens (tertiary/aromatic N) is 2. The lowest BCUT2D eigenvalue weighted by molar-refractivity contribution is -0.115. The van der Waals surface area contributed by atoms with Gasteiger partial charge in [-0.05, 0) is 55.5 Å². The Morgan fingerprint density at radius 2 is 1.79 bits per heavy atom. The molecular weight excluding hydrogens is 456 g/mol. The lowest BCUT2D eigenvalue weighted by atomic mass is 10.1. The maximum Gasteiger partial charge on any atom is 0.266 e. The van der Waals surface area contributed by atoms with E-state index in [2.05, 4.69) is 5.32 Å². The summed E-state index contributed by atoms with van der Waals surface area (Å²) in [7, 11) is 0. The number of aromatic nitrogens is 2. The first-order chi connectivity index (χ1) is 15.8. The van der Waals surface area contributed by atoms with Crippen molar-refractivity contribution >= 4 is 50.8 Å². The Kier molecular flexibility index (Phi) is 6.35. The Labute approximate surface area is 198 Å². The van der Waals surface area contributed by atoms with Gasteiger partial charge in [-0.15, -0.1) is 11.3 Å². The summed E-state index contributed by atoms with van der Waals surface area (Å²) in [5.41, 5.74) is 8.63. The molecule has 0 aliphatic carbocycles. The fourth-order valence-electron chi connectivity index (χ4n) is 3.57. The molecule has 7 nitrogen and oxygen atoms in total. The van der Waals surface area contributed by atoms with Gasteiger partial charge in [-0.3, -0.25) is 19.0 Å². The molecule has 0 aliphatic rings. The van der Waals surface area contributed by atoms with E-state index in [1.807, 2.05) is 38.1 Å². The van der Waals surface area contributed by atoms with Crippen LogP contribution in [0.1, 0.15) is 28.4 Å². The summed E-state index contributed by atoms with van der Waals surface area (Å²) in [6.45, 7) is 5.61. The van der Waals surface area contributed by atoms with E-state index in [1.54, 1.807) is 41.1 Å². The number of hydrogen-bond acceptors (Lipinski definition) is 6. The van der Waals surface area contributed by atoms with Crippen LogP contribution in [0.3, 0.4) is 0 Å². The van der Waals surface area contributed by atoms with Gasteiger partial charge >= 0.3 is 0 Å². The van der Waals surface area contributed by atoms with Crippen molar-refractivity contribution in [3.8, 4) is 5.69 Å². The van der Waals surface area contributed by atoms with Gasteiger partial charge in [0, 0.05) is 0 Å². The zero-order valence-electron chi connectivity index (χ0n) is 18.3. The van der Waals surface area contributed by atoms with Crippen molar-refractivity contribution in [3.05, 3.63) is 81.0 Å². The fourth-order valence-corrected chi connectivity index (χ4v) is 5.28. The molecule has 1 unspecified atom stereocenters. The van der Waals surface area contributed by atoms with Crippen molar-refractivity contribution in [2.24, 2.45) is 5.73 Å². The molecule has 4 aromatic rings. The van der Waals surface area contributed by atoms with E-state index in [9.17, 15) is 14.4 Å². The minimum Gasteiger partial charge on any atom is -0.366 e. The molecule has 2 aromatic heterocycles. The number of carbonyl (C=O) groups is 2. The highest BCUT2D eigenvalue weighted by Crippen LogP contribution is 2.29. The molecule has 33 heavy (non-hydrogen) atoms. The molecule has 0 radical (unpaired) electrons. The van der Waals surface area contributed by atoms with Gasteiger partial charge in [0.05, 0.1) is 27.4 Å². The van der Waals surface area contributed by atoms with Crippen LogP contribution in [0.15, 0.2) is 63.9 Å². The molecule has 0 fully saturated rings. The van der Waals surface area contributed by atoms with Gasteiger partial charge in [-0.25, -0.2) is 4.98 Å². The molecule has 3 N–H and O–H groups in total. The monoisotopic (exact) mass is 478 g/mol. The Balaban J connectivity index is 1.77. The van der Waals surface area contributed by atoms with Crippen LogP contribution in [0.2, 0.25) is 0 Å². The average molecular weight is 479 g/mol. The molecule has 168 valence electrons. The van der Waals surface area contributed by atoms with Gasteiger partial charge in [0.1, 0.15) is 5.00 Å². The standard InChI is InChI=1S/C24H22N4O3S2/c1-13-7-6-8-14(2)19(13)28-23(31)16-9-4-5-10-18(16)26-24(28)33-15(3)21(30)27-22-17(20(25)29)11-12-32-22/h4-12,15H,1-3H3,(H2,25,29)(H,27,30). The maximum absolute atomic E-state index is 13.5. The molecule has 0 saturated carbocycles. The van der Waals surface area contributed by atoms with Crippen LogP contribution in [-0.4, -0.2) is 26.6 Å². The van der Waals surface area contributed by atoms with Crippen LogP contribution in [0.5, 0.6) is 0 Å². The summed E-state index contributed by atoms with van der Waals surface area (Å²) < 4.78 is 1.58. The second-order valence-electron chi connectivity index (χ2n) is 7.57. The summed E-state index contributed by atoms with van der Waals surface area (Å²) in [6.07, 6.45) is 0. The average Bonchev–Trinajstić information content (AvgIpc) is 3.24. The molecule has 2 heterocycles. The molecule has 4 rings (SSSR count). The third-order valence-corrected chi connectivity index (χ3v) is 7.11. The number of fused-ring (bicyclic) bond motifs is 1. The summed E-state index contributed by atoms with van der Waals surface area (Å²) in [4.78, 5) is 42.8. The first-order valence-corrected chi connectivity index (χ1v) is 12.0. The van der Waals surface area contributed by atoms with Crippen LogP contribution in [0.25, 0.3) is 16.6 Å². The molecule has 2 amide bonds. The van der Waals surface area contributed by atoms with Crippen molar-refractivity contribution in [1.82, 2.24) is 9.55 Å². The van der Waals surface area contributed by atoms with E-state index in [0.717, 1.165) is 16.8 Å². The molecule has 9 heteroatoms. The number of amides is 2. The number of benzene rings is 2. The molecule has 2 aromatic carbocycles. The second kappa shape index (κ2) is 9.21. The third kappa shape index (κ3) is 4.42. The Morgan fingerprint density at radius 3 is 2.48 bits per heavy atom. The Morgan fingerprint density at radius 1 is 1.09 bits per heavy atom. The predicted molar refractivity (Wildman–Crippen MR) is 134 cm³/mol. The largest absolute Gasteiger partial charge is 0.366 e. The number of thioether (sulfide) groups is 1. The van der Waals surface area contributed by atoms with Crippen LogP contribution in [0, 0.1) is 13.8 Å². The van der Waals surface area contributed by atoms with Gasteiger partial charge in [0.25, 0.3) is 11.5 Å². The zero-order valence-corrected chi connectivity index (χ0v) is 19.9. The SMILES string of the molecule is Cc1cccc(C)c1-n1c(SC(C)C(=O)Nc2sccc2C(N)=O)nc2ccccc2c1=O. The molecule has 0 bridgehead atoms. The molecule has 0 saturated heterocycles. The number of primary amides is 1. The van der Waals surface area contributed by atoms with Gasteiger partial charge in [-0.2, -0.15) is 0 Å². The number of rotatable bonds is 6. The van der Waals surface area contributed by atoms with Crippen LogP contribution in [-0.2, 0) is 4.79 Å². The molecular formula is C24H22N4O3S2. The van der Waals surface area contributed by atoms with Crippen LogP contribution >= 0.6 is 23.1 Å². The van der Waals surface area contributed by atoms with Gasteiger partial charge in [-0.1, -0.05) is 42.1 Å². The molecule has 0 aliphatic heterocycles. The number of nitrogens with two attached hydrogens (primary N) is 1. The minimum absolute atomic E-state index is 0.192. The van der Waals surface area contributed by atoms with E-state index in [1.165, 1.54) is 23.1 Å². The van der Waals surface area contributed by atoms with Crippen molar-refractivity contribution in [2.45, 2.75) is 31.2 Å². The summed E-state index contributed by atoms with van der Waals surface area (Å²) in [6, 6.07) is 14.6. The lowest BCUT2D eigenvalue weighted by Gasteiger charge is -2.19. The topological polar surface area (TPSA) is 107 Å². The maximum atomic E-state index is 13.5. The number of para-hydroxylation sites is 2. The number of hydrogen-bond donors (Lipinski definition) is 2. The number of aryl methyl sites for hydroxylation is 2. The highest BCUT2D eigenvalue weighted by molar-refractivity contribution is 8.00. The van der Waals surface area contributed by atoms with Crippen molar-refractivity contribution < 1.29 is 9.59 Å². The second-order valence-corrected chi connectivity index (χ2v) is 9.79. The summed E-state index contributed by atoms with van der Waals surface area (Å²) in [5.74, 6) is -0.924. The predicted octanol–water partition coefficient (Wildman–Crippen LogP) is 4.28. The zero-order chi connectivity index (χ0) is 23.7. The van der Waals surface area contributed by atoms with Gasteiger partial charge in [0.15, 0.2) is 5.16 Å². The normalized spacial score (nSPS) is 12.0. The van der Waals surface area contributed by atoms with E-state index in [4.69, 9.17) is 10.7 Å². The summed E-state index contributed by atoms with van der Waals surface area (Å²) >= 11 is 2.41. The van der Waals surface area contributed by atoms with E-state index >= 15 is 0 Å². The third-order valence-electron chi connectivity index (χ3n) is 5.23. The van der Waals surface area contributed by atoms with E-state index < -0.39 is 11.2 Å². The molecule has 1 atom stereocenters. The molecule has 0 spiro atoms. The number of anilines is 1. The highest BCUT2D eigenvalue weighted by Gasteiger charge is 2.23. The van der Waals surface area contributed by atoms with Gasteiger partial charge < -0.3 is 11.1 Å². The minimum atomic E-state index is -0.605. The number of thiophene rings is 1. The van der Waals surface area contributed by atoms with Gasteiger partial charge in [0.2, 0.25) is 5.91 Å². The number of nitrogens with one attached hydrogen (secondary N) is 1. The number of carbonyl (C=O) groups excluding carboxylic acids is 2.